The van der Waals surface area contributed by atoms with Crippen molar-refractivity contribution < 1.29 is 0 Å². The molecule has 0 N–H and O–H groups in total. The third-order valence-corrected chi connectivity index (χ3v) is 5.55. The number of allylic oxidation sites excluding steroid dienone is 1. The van der Waals surface area contributed by atoms with Crippen molar-refractivity contribution in [2.75, 3.05) is 0 Å². The third kappa shape index (κ3) is 24.1. The highest BCUT2D eigenvalue weighted by molar-refractivity contribution is 5.02. The highest BCUT2D eigenvalue weighted by Gasteiger charge is 2.00. The van der Waals surface area contributed by atoms with E-state index in [2.05, 4.69) is 66.3 Å². The van der Waals surface area contributed by atoms with Crippen LogP contribution >= 0.6 is 0 Å². The second-order valence-corrected chi connectivity index (χ2v) is 8.46. The molecule has 0 heterocycles. The molecule has 0 bridgehead atoms. The van der Waals surface area contributed by atoms with Crippen LogP contribution in [-0.4, -0.2) is 0 Å². The third-order valence-electron chi connectivity index (χ3n) is 5.55. The van der Waals surface area contributed by atoms with Gasteiger partial charge in [0, 0.05) is 0 Å². The second kappa shape index (κ2) is 26.0. The van der Waals surface area contributed by atoms with Gasteiger partial charge in [-0.25, -0.2) is 0 Å². The SMILES string of the molecule is C=C=C=C=C=C=C=C=C=C1CCCCCCCCCC1.CCCCCCCCCCC. The molecule has 1 aliphatic rings. The molecule has 0 aromatic rings. The smallest absolute Gasteiger partial charge is 0.0000224 e. The van der Waals surface area contributed by atoms with E-state index in [9.17, 15) is 0 Å². The molecule has 0 radical (unpaired) electrons. The lowest BCUT2D eigenvalue weighted by Crippen LogP contribution is -1.83. The van der Waals surface area contributed by atoms with Crippen LogP contribution in [0.15, 0.2) is 58.0 Å². The molecule has 0 heteroatoms. The van der Waals surface area contributed by atoms with Crippen molar-refractivity contribution in [3.8, 4) is 0 Å². The summed E-state index contributed by atoms with van der Waals surface area (Å²) in [7, 11) is 0. The molecule has 0 saturated heterocycles. The summed E-state index contributed by atoms with van der Waals surface area (Å²) in [5.74, 6) is 0. The fourth-order valence-corrected chi connectivity index (χ4v) is 3.66. The molecule has 1 fully saturated rings. The van der Waals surface area contributed by atoms with Crippen LogP contribution in [0.1, 0.15) is 136 Å². The van der Waals surface area contributed by atoms with E-state index in [4.69, 9.17) is 0 Å². The molecule has 170 valence electrons. The molecular formula is C31H46. The quantitative estimate of drug-likeness (QED) is 0.271. The Morgan fingerprint density at radius 3 is 1.35 bits per heavy atom. The molecule has 1 rings (SSSR count). The molecular weight excluding hydrogens is 372 g/mol. The Kier molecular flexibility index (Phi) is 24.3. The van der Waals surface area contributed by atoms with Gasteiger partial charge in [-0.05, 0) is 72.2 Å². The van der Waals surface area contributed by atoms with Gasteiger partial charge in [-0.3, -0.25) is 0 Å². The van der Waals surface area contributed by atoms with Crippen LogP contribution in [0.3, 0.4) is 0 Å². The minimum absolute atomic E-state index is 1.15. The van der Waals surface area contributed by atoms with Crippen LogP contribution in [-0.2, 0) is 0 Å². The normalized spacial score (nSPS) is 13.7. The molecule has 1 saturated carbocycles. The van der Waals surface area contributed by atoms with E-state index in [1.54, 1.807) is 0 Å². The molecule has 0 aromatic carbocycles. The fraction of sp³-hybridized carbons (Fsp3) is 0.677. The predicted octanol–water partition coefficient (Wildman–Crippen LogP) is 10.2. The minimum atomic E-state index is 1.15. The van der Waals surface area contributed by atoms with E-state index < -0.39 is 0 Å². The maximum Gasteiger partial charge on any atom is -0.0000224 e. The summed E-state index contributed by atoms with van der Waals surface area (Å²) in [4.78, 5) is 0. The molecule has 0 aliphatic heterocycles. The first-order valence-electron chi connectivity index (χ1n) is 13.0. The van der Waals surface area contributed by atoms with Crippen LogP contribution in [0.2, 0.25) is 0 Å². The van der Waals surface area contributed by atoms with Crippen molar-refractivity contribution in [1.82, 2.24) is 0 Å². The van der Waals surface area contributed by atoms with Gasteiger partial charge in [0.15, 0.2) is 0 Å². The molecule has 0 spiro atoms. The zero-order valence-electron chi connectivity index (χ0n) is 20.6. The Balaban J connectivity index is 0.000000695. The summed E-state index contributed by atoms with van der Waals surface area (Å²) < 4.78 is 0. The number of rotatable bonds is 8. The lowest BCUT2D eigenvalue weighted by molar-refractivity contribution is 0.572. The van der Waals surface area contributed by atoms with Gasteiger partial charge in [-0.2, -0.15) is 0 Å². The van der Waals surface area contributed by atoms with Crippen LogP contribution < -0.4 is 0 Å². The van der Waals surface area contributed by atoms with Crippen LogP contribution in [0.4, 0.5) is 0 Å². The summed E-state index contributed by atoms with van der Waals surface area (Å²) in [6.07, 6.45) is 26.0. The second-order valence-electron chi connectivity index (χ2n) is 8.46. The van der Waals surface area contributed by atoms with Gasteiger partial charge in [0.2, 0.25) is 0 Å². The summed E-state index contributed by atoms with van der Waals surface area (Å²) in [6.45, 7) is 7.93. The van der Waals surface area contributed by atoms with E-state index in [-0.39, 0.29) is 0 Å². The molecule has 0 amide bonds. The average molecular weight is 419 g/mol. The Morgan fingerprint density at radius 2 is 0.903 bits per heavy atom. The van der Waals surface area contributed by atoms with Gasteiger partial charge >= 0.3 is 0 Å². The fourth-order valence-electron chi connectivity index (χ4n) is 3.66. The van der Waals surface area contributed by atoms with Crippen LogP contribution in [0.25, 0.3) is 0 Å². The van der Waals surface area contributed by atoms with Crippen molar-refractivity contribution in [2.24, 2.45) is 0 Å². The zero-order valence-corrected chi connectivity index (χ0v) is 20.6. The van der Waals surface area contributed by atoms with E-state index in [1.807, 2.05) is 0 Å². The Morgan fingerprint density at radius 1 is 0.516 bits per heavy atom. The van der Waals surface area contributed by atoms with Gasteiger partial charge in [0.1, 0.15) is 0 Å². The van der Waals surface area contributed by atoms with Gasteiger partial charge in [-0.1, -0.05) is 122 Å². The van der Waals surface area contributed by atoms with Crippen molar-refractivity contribution >= 4 is 0 Å². The number of hydrogen-bond acceptors (Lipinski definition) is 0. The van der Waals surface area contributed by atoms with E-state index in [0.29, 0.717) is 0 Å². The first-order valence-corrected chi connectivity index (χ1v) is 13.0. The van der Waals surface area contributed by atoms with Crippen molar-refractivity contribution in [2.45, 2.75) is 136 Å². The van der Waals surface area contributed by atoms with Gasteiger partial charge in [0.05, 0.1) is 0 Å². The highest BCUT2D eigenvalue weighted by Crippen LogP contribution is 2.19. The molecule has 1 aliphatic carbocycles. The Hall–Kier alpha value is -2.02. The topological polar surface area (TPSA) is 0 Å². The maximum atomic E-state index is 3.38. The molecule has 0 unspecified atom stereocenters. The van der Waals surface area contributed by atoms with Crippen molar-refractivity contribution in [1.29, 1.82) is 0 Å². The highest BCUT2D eigenvalue weighted by atomic mass is 14.1. The summed E-state index contributed by atoms with van der Waals surface area (Å²) in [5, 5.41) is 0. The van der Waals surface area contributed by atoms with Gasteiger partial charge in [0.25, 0.3) is 0 Å². The standard InChI is InChI=1S/C20H22.C11H24/c1-2-3-4-5-8-11-14-17-20-18-15-12-9-6-7-10-13-16-19-20;1-3-5-7-9-11-10-8-6-4-2/h1,6-7,9-10,12-13,15-16,18-19H2;3-11H2,1-2H3. The number of hydrogen-bond donors (Lipinski definition) is 0. The van der Waals surface area contributed by atoms with E-state index in [1.165, 1.54) is 115 Å². The zero-order chi connectivity index (χ0) is 22.7. The number of unbranched alkanes of at least 4 members (excludes halogenated alkanes) is 8. The van der Waals surface area contributed by atoms with E-state index in [0.717, 1.165) is 12.8 Å². The molecule has 0 nitrogen and oxygen atoms in total. The molecule has 0 aromatic heterocycles. The maximum absolute atomic E-state index is 3.38. The molecule has 0 atom stereocenters. The molecule has 31 heavy (non-hydrogen) atoms. The van der Waals surface area contributed by atoms with Crippen LogP contribution in [0, 0.1) is 0 Å². The summed E-state index contributed by atoms with van der Waals surface area (Å²) in [6, 6.07) is 0. The largest absolute Gasteiger partial charge is 0.0687 e. The first kappa shape index (κ1) is 29.0. The van der Waals surface area contributed by atoms with Gasteiger partial charge in [-0.15, -0.1) is 0 Å². The summed E-state index contributed by atoms with van der Waals surface area (Å²) in [5.41, 5.74) is 23.2. The predicted molar refractivity (Wildman–Crippen MR) is 136 cm³/mol. The van der Waals surface area contributed by atoms with Crippen molar-refractivity contribution in [3.63, 3.8) is 0 Å². The van der Waals surface area contributed by atoms with Crippen molar-refractivity contribution in [3.05, 3.63) is 58.0 Å². The lowest BCUT2D eigenvalue weighted by atomic mass is 10.0. The van der Waals surface area contributed by atoms with Gasteiger partial charge < -0.3 is 0 Å². The monoisotopic (exact) mass is 418 g/mol. The van der Waals surface area contributed by atoms with E-state index >= 15 is 0 Å². The lowest BCUT2D eigenvalue weighted by Gasteiger charge is -2.02. The average Bonchev–Trinajstić information content (AvgIpc) is 2.84. The Labute approximate surface area is 193 Å². The minimum Gasteiger partial charge on any atom is -0.0687 e. The van der Waals surface area contributed by atoms with Crippen LogP contribution in [0.5, 0.6) is 0 Å². The first-order chi connectivity index (χ1) is 15.3. The summed E-state index contributed by atoms with van der Waals surface area (Å²) >= 11 is 0. The Bertz CT molecular complexity index is 693.